The second kappa shape index (κ2) is 6.53. The van der Waals surface area contributed by atoms with Crippen molar-refractivity contribution in [2.75, 3.05) is 13.1 Å². The molecule has 6 heteroatoms. The molecule has 0 saturated carbocycles. The fourth-order valence-electron chi connectivity index (χ4n) is 1.24. The molecular formula is C10H14N4O2. The van der Waals surface area contributed by atoms with Crippen molar-refractivity contribution in [3.8, 4) is 0 Å². The van der Waals surface area contributed by atoms with Gasteiger partial charge < -0.3 is 9.73 Å². The number of unbranched alkanes of at least 4 members (excludes halogenated alkanes) is 1. The average Bonchev–Trinajstić information content (AvgIpc) is 2.69. The van der Waals surface area contributed by atoms with Crippen LogP contribution in [0, 0.1) is 6.92 Å². The zero-order chi connectivity index (χ0) is 11.8. The number of rotatable bonds is 6. The van der Waals surface area contributed by atoms with Gasteiger partial charge in [-0.25, -0.2) is 0 Å². The first-order chi connectivity index (χ1) is 7.75. The van der Waals surface area contributed by atoms with Crippen LogP contribution < -0.4 is 5.32 Å². The van der Waals surface area contributed by atoms with E-state index in [9.17, 15) is 4.79 Å². The molecular weight excluding hydrogens is 208 g/mol. The lowest BCUT2D eigenvalue weighted by molar-refractivity contribution is 0.0924. The van der Waals surface area contributed by atoms with Gasteiger partial charge >= 0.3 is 0 Å². The molecule has 1 heterocycles. The molecule has 0 aliphatic carbocycles. The van der Waals surface area contributed by atoms with E-state index in [4.69, 9.17) is 9.95 Å². The Morgan fingerprint density at radius 3 is 3.06 bits per heavy atom. The van der Waals surface area contributed by atoms with Crippen molar-refractivity contribution < 1.29 is 9.21 Å². The molecule has 0 atom stereocenters. The lowest BCUT2D eigenvalue weighted by atomic mass is 10.2. The predicted molar refractivity (Wildman–Crippen MR) is 59.0 cm³/mol. The first kappa shape index (κ1) is 12.1. The zero-order valence-electron chi connectivity index (χ0n) is 9.14. The SMILES string of the molecule is Cc1ccoc1C(=O)NCCCCN=[N+]=[N-]. The number of nitrogens with one attached hydrogen (secondary N) is 1. The Kier molecular flexibility index (Phi) is 4.95. The first-order valence-corrected chi connectivity index (χ1v) is 5.09. The second-order valence-electron chi connectivity index (χ2n) is 3.35. The highest BCUT2D eigenvalue weighted by Gasteiger charge is 2.10. The Bertz CT molecular complexity index is 393. The van der Waals surface area contributed by atoms with Crippen molar-refractivity contribution >= 4 is 5.91 Å². The number of nitrogens with zero attached hydrogens (tertiary/aromatic N) is 3. The monoisotopic (exact) mass is 222 g/mol. The smallest absolute Gasteiger partial charge is 0.287 e. The van der Waals surface area contributed by atoms with Crippen LogP contribution in [0.5, 0.6) is 0 Å². The molecule has 1 N–H and O–H groups in total. The van der Waals surface area contributed by atoms with Crippen LogP contribution in [0.3, 0.4) is 0 Å². The number of carbonyl (C=O) groups excluding carboxylic acids is 1. The fourth-order valence-corrected chi connectivity index (χ4v) is 1.24. The Labute approximate surface area is 93.3 Å². The van der Waals surface area contributed by atoms with Crippen LogP contribution in [0.4, 0.5) is 0 Å². The van der Waals surface area contributed by atoms with Gasteiger partial charge in [0.05, 0.1) is 6.26 Å². The maximum atomic E-state index is 11.5. The van der Waals surface area contributed by atoms with Crippen LogP contribution in [-0.2, 0) is 0 Å². The normalized spacial score (nSPS) is 9.56. The molecule has 0 spiro atoms. The molecule has 0 aliphatic heterocycles. The van der Waals surface area contributed by atoms with E-state index in [1.54, 1.807) is 6.07 Å². The summed E-state index contributed by atoms with van der Waals surface area (Å²) in [5.41, 5.74) is 8.87. The van der Waals surface area contributed by atoms with Crippen LogP contribution in [-0.4, -0.2) is 19.0 Å². The molecule has 0 saturated heterocycles. The summed E-state index contributed by atoms with van der Waals surface area (Å²) in [6.07, 6.45) is 3.04. The minimum absolute atomic E-state index is 0.203. The predicted octanol–water partition coefficient (Wildman–Crippen LogP) is 2.41. The minimum atomic E-state index is -0.203. The lowest BCUT2D eigenvalue weighted by Crippen LogP contribution is -2.24. The summed E-state index contributed by atoms with van der Waals surface area (Å²) in [6, 6.07) is 1.75. The van der Waals surface area contributed by atoms with Crippen molar-refractivity contribution in [2.45, 2.75) is 19.8 Å². The van der Waals surface area contributed by atoms with Gasteiger partial charge in [0.2, 0.25) is 0 Å². The van der Waals surface area contributed by atoms with E-state index in [2.05, 4.69) is 15.3 Å². The van der Waals surface area contributed by atoms with Crippen molar-refractivity contribution in [3.05, 3.63) is 34.1 Å². The number of hydrogen-bond acceptors (Lipinski definition) is 3. The first-order valence-electron chi connectivity index (χ1n) is 5.09. The topological polar surface area (TPSA) is 91.0 Å². The Morgan fingerprint density at radius 1 is 1.62 bits per heavy atom. The molecule has 16 heavy (non-hydrogen) atoms. The molecule has 0 radical (unpaired) electrons. The van der Waals surface area contributed by atoms with Crippen molar-refractivity contribution in [1.82, 2.24) is 5.32 Å². The third-order valence-electron chi connectivity index (χ3n) is 2.10. The summed E-state index contributed by atoms with van der Waals surface area (Å²) in [5, 5.41) is 6.14. The minimum Gasteiger partial charge on any atom is -0.459 e. The van der Waals surface area contributed by atoms with E-state index in [0.717, 1.165) is 18.4 Å². The largest absolute Gasteiger partial charge is 0.459 e. The molecule has 1 amide bonds. The highest BCUT2D eigenvalue weighted by atomic mass is 16.3. The van der Waals surface area contributed by atoms with Crippen LogP contribution in [0.25, 0.3) is 10.4 Å². The van der Waals surface area contributed by atoms with E-state index in [0.29, 0.717) is 18.8 Å². The maximum absolute atomic E-state index is 11.5. The maximum Gasteiger partial charge on any atom is 0.287 e. The van der Waals surface area contributed by atoms with Gasteiger partial charge in [0.1, 0.15) is 0 Å². The van der Waals surface area contributed by atoms with Gasteiger partial charge in [0.25, 0.3) is 5.91 Å². The molecule has 1 aromatic heterocycles. The number of azide groups is 1. The van der Waals surface area contributed by atoms with Gasteiger partial charge in [-0.1, -0.05) is 5.11 Å². The standard InChI is InChI=1S/C10H14N4O2/c1-8-4-7-16-9(8)10(15)12-5-2-3-6-13-14-11/h4,7H,2-3,5-6H2,1H3,(H,12,15). The van der Waals surface area contributed by atoms with Crippen molar-refractivity contribution in [3.63, 3.8) is 0 Å². The van der Waals surface area contributed by atoms with E-state index in [1.165, 1.54) is 6.26 Å². The van der Waals surface area contributed by atoms with E-state index in [1.807, 2.05) is 6.92 Å². The number of aryl methyl sites for hydroxylation is 1. The highest BCUT2D eigenvalue weighted by molar-refractivity contribution is 5.92. The molecule has 0 aromatic carbocycles. The van der Waals surface area contributed by atoms with Crippen LogP contribution in [0.15, 0.2) is 21.9 Å². The van der Waals surface area contributed by atoms with Gasteiger partial charge in [-0.3, -0.25) is 4.79 Å². The molecule has 6 nitrogen and oxygen atoms in total. The third-order valence-corrected chi connectivity index (χ3v) is 2.10. The van der Waals surface area contributed by atoms with Crippen molar-refractivity contribution in [1.29, 1.82) is 0 Å². The Hall–Kier alpha value is -1.94. The summed E-state index contributed by atoms with van der Waals surface area (Å²) in [4.78, 5) is 14.2. The average molecular weight is 222 g/mol. The quantitative estimate of drug-likeness (QED) is 0.346. The molecule has 0 aliphatic rings. The fraction of sp³-hybridized carbons (Fsp3) is 0.500. The third kappa shape index (κ3) is 3.67. The molecule has 86 valence electrons. The van der Waals surface area contributed by atoms with Crippen LogP contribution in [0.1, 0.15) is 29.0 Å². The summed E-state index contributed by atoms with van der Waals surface area (Å²) >= 11 is 0. The number of carbonyl (C=O) groups is 1. The Balaban J connectivity index is 2.21. The highest BCUT2D eigenvalue weighted by Crippen LogP contribution is 2.07. The molecule has 1 aromatic rings. The molecule has 0 unspecified atom stereocenters. The Morgan fingerprint density at radius 2 is 2.44 bits per heavy atom. The second-order valence-corrected chi connectivity index (χ2v) is 3.35. The molecule has 1 rings (SSSR count). The van der Waals surface area contributed by atoms with Gasteiger partial charge in [-0.15, -0.1) is 0 Å². The van der Waals surface area contributed by atoms with Gasteiger partial charge in [-0.2, -0.15) is 0 Å². The van der Waals surface area contributed by atoms with E-state index in [-0.39, 0.29) is 5.91 Å². The van der Waals surface area contributed by atoms with Gasteiger partial charge in [0.15, 0.2) is 5.76 Å². The molecule has 0 fully saturated rings. The summed E-state index contributed by atoms with van der Waals surface area (Å²) in [5.74, 6) is 0.154. The summed E-state index contributed by atoms with van der Waals surface area (Å²) in [7, 11) is 0. The number of furan rings is 1. The summed E-state index contributed by atoms with van der Waals surface area (Å²) < 4.78 is 5.04. The molecule has 0 bridgehead atoms. The van der Waals surface area contributed by atoms with Crippen LogP contribution in [0.2, 0.25) is 0 Å². The van der Waals surface area contributed by atoms with Crippen LogP contribution >= 0.6 is 0 Å². The van der Waals surface area contributed by atoms with E-state index >= 15 is 0 Å². The lowest BCUT2D eigenvalue weighted by Gasteiger charge is -2.02. The van der Waals surface area contributed by atoms with Gasteiger partial charge in [0, 0.05) is 23.6 Å². The number of amides is 1. The zero-order valence-corrected chi connectivity index (χ0v) is 9.14. The van der Waals surface area contributed by atoms with Gasteiger partial charge in [-0.05, 0) is 31.4 Å². The van der Waals surface area contributed by atoms with E-state index < -0.39 is 0 Å². The summed E-state index contributed by atoms with van der Waals surface area (Å²) in [6.45, 7) is 2.84. The number of hydrogen-bond donors (Lipinski definition) is 1. The van der Waals surface area contributed by atoms with Crippen molar-refractivity contribution in [2.24, 2.45) is 5.11 Å².